The van der Waals surface area contributed by atoms with E-state index in [9.17, 15) is 5.11 Å². The van der Waals surface area contributed by atoms with Gasteiger partial charge in [-0.25, -0.2) is 4.99 Å². The summed E-state index contributed by atoms with van der Waals surface area (Å²) in [5.41, 5.74) is 1.93. The zero-order chi connectivity index (χ0) is 13.0. The Morgan fingerprint density at radius 2 is 2.11 bits per heavy atom. The lowest BCUT2D eigenvalue weighted by atomic mass is 9.99. The quantitative estimate of drug-likeness (QED) is 0.675. The Hall–Kier alpha value is -1.87. The summed E-state index contributed by atoms with van der Waals surface area (Å²) in [6.07, 6.45) is 0. The molecular formula is C15H11ClN2O. The zero-order valence-electron chi connectivity index (χ0n) is 10.1. The summed E-state index contributed by atoms with van der Waals surface area (Å²) in [5.74, 6) is 0.977. The van der Waals surface area contributed by atoms with Gasteiger partial charge in [0.05, 0.1) is 21.6 Å². The Labute approximate surface area is 114 Å². The van der Waals surface area contributed by atoms with E-state index in [1.54, 1.807) is 6.07 Å². The molecule has 2 aromatic rings. The molecule has 2 aliphatic heterocycles. The average Bonchev–Trinajstić information content (AvgIpc) is 2.98. The van der Waals surface area contributed by atoms with Gasteiger partial charge in [-0.1, -0.05) is 18.2 Å². The standard InChI is InChI=1S/C15H11ClN2O/c16-6-8-7-17-11-5-12(19)14-9-3-1-2-4-10(9)18-15(14)13(8)11/h1-5,8,19H,6-7H2. The van der Waals surface area contributed by atoms with Crippen LogP contribution in [0.25, 0.3) is 0 Å². The molecule has 0 saturated carbocycles. The van der Waals surface area contributed by atoms with Crippen LogP contribution in [0.1, 0.15) is 11.5 Å². The number of halogens is 1. The molecule has 0 bridgehead atoms. The third kappa shape index (κ3) is 1.39. The molecule has 0 aromatic heterocycles. The largest absolute Gasteiger partial charge is 0.507 e. The van der Waals surface area contributed by atoms with Gasteiger partial charge in [-0.2, -0.15) is 0 Å². The molecule has 19 heavy (non-hydrogen) atoms. The number of aromatic hydroxyl groups is 1. The predicted octanol–water partition coefficient (Wildman–Crippen LogP) is 1.90. The van der Waals surface area contributed by atoms with E-state index in [-0.39, 0.29) is 11.7 Å². The van der Waals surface area contributed by atoms with Gasteiger partial charge in [-0.05, 0) is 6.07 Å². The smallest absolute Gasteiger partial charge is 0.127 e. The first kappa shape index (κ1) is 11.0. The lowest BCUT2D eigenvalue weighted by Gasteiger charge is -2.08. The average molecular weight is 271 g/mol. The molecule has 0 saturated heterocycles. The normalized spacial score (nSPS) is 18.3. The van der Waals surface area contributed by atoms with Crippen LogP contribution in [0, 0.1) is 10.4 Å². The van der Waals surface area contributed by atoms with E-state index in [0.29, 0.717) is 12.4 Å². The molecule has 2 heterocycles. The molecule has 94 valence electrons. The summed E-state index contributed by atoms with van der Waals surface area (Å²) in [6, 6.07) is 9.59. The number of hydrogen-bond acceptors (Lipinski definition) is 3. The van der Waals surface area contributed by atoms with Crippen molar-refractivity contribution in [3.8, 4) is 5.75 Å². The molecule has 2 aliphatic rings. The fraction of sp³-hybridized carbons (Fsp3) is 0.200. The molecule has 3 nitrogen and oxygen atoms in total. The number of fused-ring (bicyclic) bond motifs is 4. The second-order valence-corrected chi connectivity index (χ2v) is 5.18. The minimum Gasteiger partial charge on any atom is -0.507 e. The van der Waals surface area contributed by atoms with Crippen molar-refractivity contribution in [2.75, 3.05) is 12.4 Å². The second-order valence-electron chi connectivity index (χ2n) is 4.87. The van der Waals surface area contributed by atoms with Crippen molar-refractivity contribution >= 4 is 17.3 Å². The zero-order valence-corrected chi connectivity index (χ0v) is 10.9. The number of phenols is 1. The van der Waals surface area contributed by atoms with E-state index in [1.807, 2.05) is 24.3 Å². The Morgan fingerprint density at radius 3 is 2.95 bits per heavy atom. The Bertz CT molecular complexity index is 905. The van der Waals surface area contributed by atoms with Crippen LogP contribution in [0.3, 0.4) is 0 Å². The van der Waals surface area contributed by atoms with Gasteiger partial charge in [0.2, 0.25) is 0 Å². The highest BCUT2D eigenvalue weighted by molar-refractivity contribution is 6.18. The van der Waals surface area contributed by atoms with Crippen LogP contribution in [0.4, 0.5) is 5.69 Å². The van der Waals surface area contributed by atoms with Gasteiger partial charge in [-0.15, -0.1) is 11.6 Å². The van der Waals surface area contributed by atoms with Gasteiger partial charge < -0.3 is 5.11 Å². The molecule has 0 spiro atoms. The molecule has 0 aliphatic carbocycles. The number of nitrogens with zero attached hydrogens (tertiary/aromatic N) is 2. The molecule has 4 rings (SSSR count). The fourth-order valence-electron chi connectivity index (χ4n) is 2.90. The van der Waals surface area contributed by atoms with Crippen LogP contribution in [0.2, 0.25) is 0 Å². The van der Waals surface area contributed by atoms with Crippen molar-refractivity contribution in [2.24, 2.45) is 9.98 Å². The summed E-state index contributed by atoms with van der Waals surface area (Å²) >= 11 is 6.02. The second kappa shape index (κ2) is 3.81. The van der Waals surface area contributed by atoms with Gasteiger partial charge in [0.15, 0.2) is 0 Å². The monoisotopic (exact) mass is 270 g/mol. The van der Waals surface area contributed by atoms with Crippen molar-refractivity contribution in [2.45, 2.75) is 5.92 Å². The van der Waals surface area contributed by atoms with Gasteiger partial charge in [-0.3, -0.25) is 4.99 Å². The maximum atomic E-state index is 10.2. The summed E-state index contributed by atoms with van der Waals surface area (Å²) in [5, 5.41) is 13.8. The molecule has 0 amide bonds. The fourth-order valence-corrected chi connectivity index (χ4v) is 3.15. The van der Waals surface area contributed by atoms with Crippen molar-refractivity contribution in [3.05, 3.63) is 57.0 Å². The number of hydrogen-bond donors (Lipinski definition) is 1. The van der Waals surface area contributed by atoms with Crippen LogP contribution in [0.15, 0.2) is 40.3 Å². The molecule has 1 N–H and O–H groups in total. The number of alkyl halides is 1. The Morgan fingerprint density at radius 1 is 1.26 bits per heavy atom. The summed E-state index contributed by atoms with van der Waals surface area (Å²) < 4.78 is 0. The minimum absolute atomic E-state index is 0.198. The van der Waals surface area contributed by atoms with E-state index in [4.69, 9.17) is 11.6 Å². The van der Waals surface area contributed by atoms with E-state index in [2.05, 4.69) is 9.98 Å². The van der Waals surface area contributed by atoms with E-state index >= 15 is 0 Å². The molecule has 2 aromatic carbocycles. The molecule has 1 unspecified atom stereocenters. The number of phenolic OH excluding ortho intramolecular Hbond substituents is 1. The van der Waals surface area contributed by atoms with Gasteiger partial charge in [0.1, 0.15) is 5.75 Å². The molecule has 0 radical (unpaired) electrons. The molecular weight excluding hydrogens is 260 g/mol. The van der Waals surface area contributed by atoms with Crippen molar-refractivity contribution in [1.29, 1.82) is 0 Å². The van der Waals surface area contributed by atoms with Crippen LogP contribution in [-0.2, 0) is 0 Å². The first-order valence-corrected chi connectivity index (χ1v) is 6.77. The predicted molar refractivity (Wildman–Crippen MR) is 72.5 cm³/mol. The highest BCUT2D eigenvalue weighted by Gasteiger charge is 2.25. The first-order chi connectivity index (χ1) is 9.29. The summed E-state index contributed by atoms with van der Waals surface area (Å²) in [7, 11) is 0. The molecule has 4 heteroatoms. The lowest BCUT2D eigenvalue weighted by Crippen LogP contribution is -2.08. The van der Waals surface area contributed by atoms with Crippen LogP contribution in [0.5, 0.6) is 5.75 Å². The molecule has 1 atom stereocenters. The number of para-hydroxylation sites is 1. The third-order valence-corrected chi connectivity index (χ3v) is 4.15. The minimum atomic E-state index is 0.198. The van der Waals surface area contributed by atoms with E-state index < -0.39 is 0 Å². The van der Waals surface area contributed by atoms with E-state index in [1.165, 1.54) is 0 Å². The maximum absolute atomic E-state index is 10.2. The van der Waals surface area contributed by atoms with Crippen molar-refractivity contribution < 1.29 is 5.11 Å². The molecule has 0 fully saturated rings. The van der Waals surface area contributed by atoms with Crippen LogP contribution < -0.4 is 10.7 Å². The van der Waals surface area contributed by atoms with Gasteiger partial charge in [0.25, 0.3) is 0 Å². The van der Waals surface area contributed by atoms with Crippen molar-refractivity contribution in [3.63, 3.8) is 0 Å². The number of benzene rings is 2. The topological polar surface area (TPSA) is 45.0 Å². The van der Waals surface area contributed by atoms with Gasteiger partial charge >= 0.3 is 0 Å². The number of rotatable bonds is 1. The highest BCUT2D eigenvalue weighted by atomic mass is 35.5. The lowest BCUT2D eigenvalue weighted by molar-refractivity contribution is 0.471. The van der Waals surface area contributed by atoms with E-state index in [0.717, 1.165) is 32.4 Å². The first-order valence-electron chi connectivity index (χ1n) is 6.24. The Balaban J connectivity index is 2.24. The SMILES string of the molecule is Oc1cc2c(c3c1=c1ccccc1=N3)C(CCl)CN=2. The summed E-state index contributed by atoms with van der Waals surface area (Å²) in [6.45, 7) is 0.681. The van der Waals surface area contributed by atoms with Crippen LogP contribution in [-0.4, -0.2) is 17.5 Å². The van der Waals surface area contributed by atoms with Gasteiger partial charge in [0, 0.05) is 35.2 Å². The highest BCUT2D eigenvalue weighted by Crippen LogP contribution is 2.34. The Kier molecular flexibility index (Phi) is 2.21. The summed E-state index contributed by atoms with van der Waals surface area (Å²) in [4.78, 5) is 9.12. The van der Waals surface area contributed by atoms with Crippen molar-refractivity contribution in [1.82, 2.24) is 0 Å². The van der Waals surface area contributed by atoms with Crippen LogP contribution >= 0.6 is 11.6 Å². The maximum Gasteiger partial charge on any atom is 0.127 e. The third-order valence-electron chi connectivity index (χ3n) is 3.78.